The van der Waals surface area contributed by atoms with Gasteiger partial charge in [-0.2, -0.15) is 0 Å². The van der Waals surface area contributed by atoms with Gasteiger partial charge in [-0.1, -0.05) is 40.5 Å². The number of carbonyl (C=O) groups is 4. The van der Waals surface area contributed by atoms with E-state index in [1.54, 1.807) is 25.1 Å². The molecule has 0 radical (unpaired) electrons. The van der Waals surface area contributed by atoms with E-state index in [2.05, 4.69) is 42.5 Å². The fraction of sp³-hybridized carbons (Fsp3) is 0.250. The third-order valence-corrected chi connectivity index (χ3v) is 7.44. The van der Waals surface area contributed by atoms with Crippen LogP contribution in [0.25, 0.3) is 6.08 Å². The second-order valence-corrected chi connectivity index (χ2v) is 11.6. The highest BCUT2D eigenvalue weighted by atomic mass is 79.9. The molecule has 3 aromatic carbocycles. The summed E-state index contributed by atoms with van der Waals surface area (Å²) in [4.78, 5) is 53.0. The number of ether oxygens (including phenoxy) is 3. The Bertz CT molecular complexity index is 1650. The average molecular weight is 729 g/mol. The summed E-state index contributed by atoms with van der Waals surface area (Å²) < 4.78 is 18.4. The zero-order chi connectivity index (χ0) is 32.0. The van der Waals surface area contributed by atoms with Crippen molar-refractivity contribution in [2.45, 2.75) is 34.1 Å². The quantitative estimate of drug-likeness (QED) is 0.166. The molecule has 1 saturated heterocycles. The molecule has 0 aromatic heterocycles. The SMILES string of the molecule is CCCOc1ccc(N2C(=O)NC(=O)/C(=C\c3cc(Br)cc(Br)c3OCC(=O)Nc3ccc(C)cc3C)C2=O)cc1OCC. The van der Waals surface area contributed by atoms with Crippen LogP contribution in [0.15, 0.2) is 63.0 Å². The van der Waals surface area contributed by atoms with Gasteiger partial charge in [-0.3, -0.25) is 19.7 Å². The number of hydrogen-bond donors (Lipinski definition) is 2. The van der Waals surface area contributed by atoms with E-state index in [1.807, 2.05) is 39.0 Å². The Labute approximate surface area is 272 Å². The van der Waals surface area contributed by atoms with Gasteiger partial charge in [0.25, 0.3) is 17.7 Å². The Hall–Kier alpha value is -4.16. The van der Waals surface area contributed by atoms with Crippen molar-refractivity contribution in [2.24, 2.45) is 0 Å². The van der Waals surface area contributed by atoms with E-state index < -0.39 is 23.8 Å². The first-order valence-corrected chi connectivity index (χ1v) is 15.4. The van der Waals surface area contributed by atoms with Gasteiger partial charge < -0.3 is 19.5 Å². The fourth-order valence-corrected chi connectivity index (χ4v) is 5.77. The molecule has 3 aromatic rings. The van der Waals surface area contributed by atoms with Crippen molar-refractivity contribution in [1.82, 2.24) is 5.32 Å². The maximum Gasteiger partial charge on any atom is 0.335 e. The van der Waals surface area contributed by atoms with Crippen LogP contribution in [-0.4, -0.2) is 43.6 Å². The summed E-state index contributed by atoms with van der Waals surface area (Å²) in [5.74, 6) is -1.08. The van der Waals surface area contributed by atoms with Gasteiger partial charge in [0.2, 0.25) is 0 Å². The zero-order valence-corrected chi connectivity index (χ0v) is 27.8. The van der Waals surface area contributed by atoms with E-state index in [0.717, 1.165) is 22.4 Å². The maximum absolute atomic E-state index is 13.7. The van der Waals surface area contributed by atoms with Crippen LogP contribution in [0.1, 0.15) is 37.0 Å². The van der Waals surface area contributed by atoms with Crippen LogP contribution >= 0.6 is 31.9 Å². The number of carbonyl (C=O) groups excluding carboxylic acids is 4. The molecule has 0 saturated carbocycles. The number of anilines is 2. The van der Waals surface area contributed by atoms with E-state index >= 15 is 0 Å². The highest BCUT2D eigenvalue weighted by molar-refractivity contribution is 9.11. The molecule has 1 fully saturated rings. The van der Waals surface area contributed by atoms with Crippen molar-refractivity contribution in [1.29, 1.82) is 0 Å². The summed E-state index contributed by atoms with van der Waals surface area (Å²) in [5, 5.41) is 5.05. The van der Waals surface area contributed by atoms with Gasteiger partial charge >= 0.3 is 6.03 Å². The summed E-state index contributed by atoms with van der Waals surface area (Å²) in [5.41, 5.74) is 2.83. The standard InChI is InChI=1S/C32H31Br2N3O7/c1-5-11-43-26-10-8-22(16-27(26)42-6-2)37-31(40)23(30(39)36-32(37)41)14-20-13-21(33)15-24(34)29(20)44-17-28(38)35-25-9-7-18(3)12-19(25)4/h7-10,12-16H,5-6,11,17H2,1-4H3,(H,35,38)(H,36,39,41)/b23-14+. The Morgan fingerprint density at radius 1 is 0.955 bits per heavy atom. The lowest BCUT2D eigenvalue weighted by molar-refractivity contribution is -0.122. The molecule has 0 spiro atoms. The first kappa shape index (κ1) is 32.7. The largest absolute Gasteiger partial charge is 0.490 e. The molecule has 44 heavy (non-hydrogen) atoms. The number of nitrogens with zero attached hydrogens (tertiary/aromatic N) is 1. The van der Waals surface area contributed by atoms with Crippen molar-refractivity contribution in [2.75, 3.05) is 30.0 Å². The molecule has 0 bridgehead atoms. The second kappa shape index (κ2) is 14.5. The van der Waals surface area contributed by atoms with E-state index in [-0.39, 0.29) is 23.6 Å². The summed E-state index contributed by atoms with van der Waals surface area (Å²) >= 11 is 6.86. The molecule has 10 nitrogen and oxygen atoms in total. The number of imide groups is 2. The first-order chi connectivity index (χ1) is 21.0. The highest BCUT2D eigenvalue weighted by Gasteiger charge is 2.37. The summed E-state index contributed by atoms with van der Waals surface area (Å²) in [6.45, 7) is 8.08. The number of urea groups is 1. The smallest absolute Gasteiger partial charge is 0.335 e. The predicted octanol–water partition coefficient (Wildman–Crippen LogP) is 6.70. The van der Waals surface area contributed by atoms with Crippen molar-refractivity contribution in [3.63, 3.8) is 0 Å². The number of benzene rings is 3. The van der Waals surface area contributed by atoms with Gasteiger partial charge in [-0.25, -0.2) is 9.69 Å². The van der Waals surface area contributed by atoms with Gasteiger partial charge in [-0.15, -0.1) is 0 Å². The van der Waals surface area contributed by atoms with Crippen LogP contribution in [0.3, 0.4) is 0 Å². The Morgan fingerprint density at radius 2 is 1.73 bits per heavy atom. The van der Waals surface area contributed by atoms with Crippen LogP contribution < -0.4 is 29.7 Å². The predicted molar refractivity (Wildman–Crippen MR) is 174 cm³/mol. The lowest BCUT2D eigenvalue weighted by Gasteiger charge is -2.27. The molecule has 2 N–H and O–H groups in total. The number of barbiturate groups is 1. The van der Waals surface area contributed by atoms with Gasteiger partial charge in [-0.05, 0) is 85.1 Å². The Morgan fingerprint density at radius 3 is 2.43 bits per heavy atom. The molecule has 0 aliphatic carbocycles. The van der Waals surface area contributed by atoms with E-state index in [9.17, 15) is 19.2 Å². The van der Waals surface area contributed by atoms with Crippen molar-refractivity contribution in [3.8, 4) is 17.2 Å². The van der Waals surface area contributed by atoms with Crippen molar-refractivity contribution < 1.29 is 33.4 Å². The number of amides is 5. The lowest BCUT2D eigenvalue weighted by Crippen LogP contribution is -2.54. The Balaban J connectivity index is 1.63. The molecule has 0 unspecified atom stereocenters. The number of aryl methyl sites for hydroxylation is 2. The highest BCUT2D eigenvalue weighted by Crippen LogP contribution is 2.37. The molecular weight excluding hydrogens is 698 g/mol. The fourth-order valence-electron chi connectivity index (χ4n) is 4.40. The van der Waals surface area contributed by atoms with Gasteiger partial charge in [0.05, 0.1) is 23.4 Å². The minimum atomic E-state index is -0.906. The van der Waals surface area contributed by atoms with E-state index in [4.69, 9.17) is 14.2 Å². The Kier molecular flexibility index (Phi) is 10.8. The minimum Gasteiger partial charge on any atom is -0.490 e. The molecule has 5 amide bonds. The molecule has 12 heteroatoms. The monoisotopic (exact) mass is 727 g/mol. The number of hydrogen-bond acceptors (Lipinski definition) is 7. The molecule has 4 rings (SSSR count). The second-order valence-electron chi connectivity index (χ2n) is 9.83. The summed E-state index contributed by atoms with van der Waals surface area (Å²) in [6.07, 6.45) is 2.09. The number of halogens is 2. The number of rotatable bonds is 11. The first-order valence-electron chi connectivity index (χ1n) is 13.8. The topological polar surface area (TPSA) is 123 Å². The van der Waals surface area contributed by atoms with E-state index in [1.165, 1.54) is 18.2 Å². The van der Waals surface area contributed by atoms with Gasteiger partial charge in [0, 0.05) is 21.8 Å². The maximum atomic E-state index is 13.7. The molecule has 1 aliphatic heterocycles. The molecule has 230 valence electrons. The third kappa shape index (κ3) is 7.67. The minimum absolute atomic E-state index is 0.188. The molecule has 0 atom stereocenters. The summed E-state index contributed by atoms with van der Waals surface area (Å²) in [6, 6.07) is 12.8. The average Bonchev–Trinajstić information content (AvgIpc) is 2.96. The third-order valence-electron chi connectivity index (χ3n) is 6.39. The molecular formula is C32H31Br2N3O7. The van der Waals surface area contributed by atoms with Crippen LogP contribution in [-0.2, 0) is 14.4 Å². The number of nitrogens with one attached hydrogen (secondary N) is 2. The van der Waals surface area contributed by atoms with Crippen LogP contribution in [0, 0.1) is 13.8 Å². The van der Waals surface area contributed by atoms with Crippen LogP contribution in [0.4, 0.5) is 16.2 Å². The van der Waals surface area contributed by atoms with Crippen LogP contribution in [0.5, 0.6) is 17.2 Å². The lowest BCUT2D eigenvalue weighted by atomic mass is 10.1. The van der Waals surface area contributed by atoms with Crippen LogP contribution in [0.2, 0.25) is 0 Å². The van der Waals surface area contributed by atoms with E-state index in [0.29, 0.717) is 44.9 Å². The zero-order valence-electron chi connectivity index (χ0n) is 24.6. The normalized spacial score (nSPS) is 14.0. The van der Waals surface area contributed by atoms with Crippen molar-refractivity contribution in [3.05, 3.63) is 79.7 Å². The molecule has 1 heterocycles. The molecule has 1 aliphatic rings. The van der Waals surface area contributed by atoms with Gasteiger partial charge in [0.1, 0.15) is 11.3 Å². The summed E-state index contributed by atoms with van der Waals surface area (Å²) in [7, 11) is 0. The van der Waals surface area contributed by atoms with Gasteiger partial charge in [0.15, 0.2) is 18.1 Å². The van der Waals surface area contributed by atoms with Crippen molar-refractivity contribution >= 4 is 73.1 Å².